The molecule has 1 aliphatic heterocycles. The summed E-state index contributed by atoms with van der Waals surface area (Å²) in [5.41, 5.74) is 0. The highest BCUT2D eigenvalue weighted by Crippen LogP contribution is 2.16. The van der Waals surface area contributed by atoms with Crippen LogP contribution in [0, 0.1) is 0 Å². The van der Waals surface area contributed by atoms with Gasteiger partial charge >= 0.3 is 0 Å². The Labute approximate surface area is 114 Å². The molecular formula is C15H33N3. The molecule has 0 bridgehead atoms. The number of nitrogens with zero attached hydrogens (tertiary/aromatic N) is 2. The summed E-state index contributed by atoms with van der Waals surface area (Å²) in [4.78, 5) is 5.18. The van der Waals surface area contributed by atoms with Gasteiger partial charge in [-0.05, 0) is 65.8 Å². The summed E-state index contributed by atoms with van der Waals surface area (Å²) >= 11 is 0. The van der Waals surface area contributed by atoms with Gasteiger partial charge < -0.3 is 10.2 Å². The van der Waals surface area contributed by atoms with Crippen LogP contribution in [-0.2, 0) is 0 Å². The maximum Gasteiger partial charge on any atom is 0.0166 e. The summed E-state index contributed by atoms with van der Waals surface area (Å²) < 4.78 is 0. The lowest BCUT2D eigenvalue weighted by atomic mass is 10.0. The molecule has 18 heavy (non-hydrogen) atoms. The summed E-state index contributed by atoms with van der Waals surface area (Å²) in [6.07, 6.45) is 5.19. The van der Waals surface area contributed by atoms with Crippen LogP contribution in [0.15, 0.2) is 0 Å². The summed E-state index contributed by atoms with van der Waals surface area (Å²) in [5.74, 6) is 0. The number of hydrogen-bond donors (Lipinski definition) is 1. The monoisotopic (exact) mass is 255 g/mol. The molecule has 0 aromatic rings. The normalized spacial score (nSPS) is 20.5. The van der Waals surface area contributed by atoms with Gasteiger partial charge in [0.1, 0.15) is 0 Å². The molecule has 3 heteroatoms. The van der Waals surface area contributed by atoms with E-state index < -0.39 is 0 Å². The Hall–Kier alpha value is -0.120. The van der Waals surface area contributed by atoms with Crippen molar-refractivity contribution < 1.29 is 0 Å². The van der Waals surface area contributed by atoms with Crippen molar-refractivity contribution in [2.75, 3.05) is 39.8 Å². The summed E-state index contributed by atoms with van der Waals surface area (Å²) in [6.45, 7) is 13.0. The molecule has 0 amide bonds. The van der Waals surface area contributed by atoms with E-state index >= 15 is 0 Å². The molecule has 1 unspecified atom stereocenters. The van der Waals surface area contributed by atoms with Crippen molar-refractivity contribution in [1.29, 1.82) is 0 Å². The molecule has 1 atom stereocenters. The first-order valence-electron chi connectivity index (χ1n) is 7.83. The minimum Gasteiger partial charge on any atom is -0.313 e. The lowest BCUT2D eigenvalue weighted by Crippen LogP contribution is -2.48. The van der Waals surface area contributed by atoms with Crippen LogP contribution >= 0.6 is 0 Å². The zero-order chi connectivity index (χ0) is 13.4. The van der Waals surface area contributed by atoms with Crippen molar-refractivity contribution in [3.8, 4) is 0 Å². The smallest absolute Gasteiger partial charge is 0.0166 e. The second-order valence-corrected chi connectivity index (χ2v) is 5.88. The molecule has 3 nitrogen and oxygen atoms in total. The lowest BCUT2D eigenvalue weighted by molar-refractivity contribution is 0.112. The number of nitrogens with one attached hydrogen (secondary N) is 1. The molecule has 108 valence electrons. The largest absolute Gasteiger partial charge is 0.313 e. The van der Waals surface area contributed by atoms with Crippen LogP contribution in [0.2, 0.25) is 0 Å². The molecule has 1 aliphatic rings. The third-order valence-electron chi connectivity index (χ3n) is 3.97. The maximum atomic E-state index is 3.62. The third-order valence-corrected chi connectivity index (χ3v) is 3.97. The quantitative estimate of drug-likeness (QED) is 0.717. The van der Waals surface area contributed by atoms with Crippen LogP contribution < -0.4 is 5.32 Å². The Bertz CT molecular complexity index is 200. The molecule has 0 saturated carbocycles. The highest BCUT2D eigenvalue weighted by molar-refractivity contribution is 4.80. The standard InChI is InChI=1S/C15H33N3/c1-5-9-16-14(3)13-18(10-6-2)15-7-11-17(4)12-8-15/h14-16H,5-13H2,1-4H3. The van der Waals surface area contributed by atoms with E-state index in [0.29, 0.717) is 6.04 Å². The molecule has 0 spiro atoms. The zero-order valence-corrected chi connectivity index (χ0v) is 12.9. The average molecular weight is 255 g/mol. The van der Waals surface area contributed by atoms with Gasteiger partial charge in [-0.25, -0.2) is 0 Å². The maximum absolute atomic E-state index is 3.62. The van der Waals surface area contributed by atoms with Crippen LogP contribution in [-0.4, -0.2) is 61.7 Å². The first-order chi connectivity index (χ1) is 8.67. The van der Waals surface area contributed by atoms with Crippen molar-refractivity contribution in [2.45, 2.75) is 58.5 Å². The fourth-order valence-corrected chi connectivity index (χ4v) is 2.88. The molecule has 0 aromatic carbocycles. The van der Waals surface area contributed by atoms with Crippen molar-refractivity contribution >= 4 is 0 Å². The van der Waals surface area contributed by atoms with Crippen molar-refractivity contribution in [3.05, 3.63) is 0 Å². The molecule has 1 saturated heterocycles. The van der Waals surface area contributed by atoms with Gasteiger partial charge in [0.05, 0.1) is 0 Å². The second kappa shape index (κ2) is 8.89. The zero-order valence-electron chi connectivity index (χ0n) is 12.9. The van der Waals surface area contributed by atoms with Gasteiger partial charge in [-0.3, -0.25) is 4.90 Å². The molecule has 1 fully saturated rings. The van der Waals surface area contributed by atoms with Crippen LogP contribution in [0.1, 0.15) is 46.5 Å². The van der Waals surface area contributed by atoms with E-state index in [4.69, 9.17) is 0 Å². The Kier molecular flexibility index (Phi) is 7.87. The highest BCUT2D eigenvalue weighted by Gasteiger charge is 2.23. The Balaban J connectivity index is 2.38. The van der Waals surface area contributed by atoms with E-state index in [1.165, 1.54) is 51.9 Å². The minimum absolute atomic E-state index is 0.621. The summed E-state index contributed by atoms with van der Waals surface area (Å²) in [7, 11) is 2.24. The van der Waals surface area contributed by atoms with Gasteiger partial charge in [0, 0.05) is 18.6 Å². The first-order valence-corrected chi connectivity index (χ1v) is 7.83. The van der Waals surface area contributed by atoms with Gasteiger partial charge in [-0.1, -0.05) is 13.8 Å². The highest BCUT2D eigenvalue weighted by atomic mass is 15.2. The van der Waals surface area contributed by atoms with Crippen LogP contribution in [0.4, 0.5) is 0 Å². The molecular weight excluding hydrogens is 222 g/mol. The summed E-state index contributed by atoms with van der Waals surface area (Å²) in [6, 6.07) is 1.43. The first kappa shape index (κ1) is 15.9. The van der Waals surface area contributed by atoms with Gasteiger partial charge in [0.25, 0.3) is 0 Å². The lowest BCUT2D eigenvalue weighted by Gasteiger charge is -2.38. The van der Waals surface area contributed by atoms with Crippen LogP contribution in [0.3, 0.4) is 0 Å². The Morgan fingerprint density at radius 1 is 1.22 bits per heavy atom. The Morgan fingerprint density at radius 3 is 2.44 bits per heavy atom. The molecule has 0 radical (unpaired) electrons. The van der Waals surface area contributed by atoms with Crippen molar-refractivity contribution in [1.82, 2.24) is 15.1 Å². The number of hydrogen-bond acceptors (Lipinski definition) is 3. The van der Waals surface area contributed by atoms with E-state index in [1.54, 1.807) is 0 Å². The molecule has 1 heterocycles. The van der Waals surface area contributed by atoms with Crippen molar-refractivity contribution in [2.24, 2.45) is 0 Å². The number of likely N-dealkylation sites (tertiary alicyclic amines) is 1. The third kappa shape index (κ3) is 5.68. The molecule has 1 rings (SSSR count). The number of piperidine rings is 1. The van der Waals surface area contributed by atoms with Gasteiger partial charge in [-0.15, -0.1) is 0 Å². The molecule has 0 aliphatic carbocycles. The van der Waals surface area contributed by atoms with Gasteiger partial charge in [-0.2, -0.15) is 0 Å². The molecule has 0 aromatic heterocycles. The van der Waals surface area contributed by atoms with Gasteiger partial charge in [0.15, 0.2) is 0 Å². The average Bonchev–Trinajstić information content (AvgIpc) is 2.37. The van der Waals surface area contributed by atoms with E-state index in [1.807, 2.05) is 0 Å². The van der Waals surface area contributed by atoms with Gasteiger partial charge in [0.2, 0.25) is 0 Å². The van der Waals surface area contributed by atoms with Crippen molar-refractivity contribution in [3.63, 3.8) is 0 Å². The second-order valence-electron chi connectivity index (χ2n) is 5.88. The molecule has 1 N–H and O–H groups in total. The minimum atomic E-state index is 0.621. The SMILES string of the molecule is CCCNC(C)CN(CCC)C1CCN(C)CC1. The fraction of sp³-hybridized carbons (Fsp3) is 1.00. The van der Waals surface area contributed by atoms with E-state index in [9.17, 15) is 0 Å². The fourth-order valence-electron chi connectivity index (χ4n) is 2.88. The van der Waals surface area contributed by atoms with E-state index in [-0.39, 0.29) is 0 Å². The van der Waals surface area contributed by atoms with Crippen LogP contribution in [0.25, 0.3) is 0 Å². The topological polar surface area (TPSA) is 18.5 Å². The predicted octanol–water partition coefficient (Wildman–Crippen LogP) is 2.18. The summed E-state index contributed by atoms with van der Waals surface area (Å²) in [5, 5.41) is 3.62. The van der Waals surface area contributed by atoms with Crippen LogP contribution in [0.5, 0.6) is 0 Å². The Morgan fingerprint density at radius 2 is 1.89 bits per heavy atom. The van der Waals surface area contributed by atoms with E-state index in [2.05, 4.69) is 42.9 Å². The predicted molar refractivity (Wildman–Crippen MR) is 80.1 cm³/mol. The van der Waals surface area contributed by atoms with E-state index in [0.717, 1.165) is 12.6 Å². The number of rotatable bonds is 8.